The van der Waals surface area contributed by atoms with Gasteiger partial charge >= 0.3 is 11.9 Å². The minimum atomic E-state index is -1.08. The Bertz CT molecular complexity index is 995. The first-order chi connectivity index (χ1) is 16.2. The molecule has 2 aromatic rings. The molecule has 36 heavy (non-hydrogen) atoms. The van der Waals surface area contributed by atoms with Gasteiger partial charge in [0.2, 0.25) is 0 Å². The Labute approximate surface area is 216 Å². The zero-order chi connectivity index (χ0) is 28.2. The van der Waals surface area contributed by atoms with Crippen LogP contribution in [0.5, 0.6) is 11.5 Å². The van der Waals surface area contributed by atoms with Gasteiger partial charge in [-0.1, -0.05) is 81.4 Å². The van der Waals surface area contributed by atoms with Crippen molar-refractivity contribution in [3.05, 3.63) is 57.6 Å². The zero-order valence-corrected chi connectivity index (χ0v) is 23.5. The van der Waals surface area contributed by atoms with Gasteiger partial charge < -0.3 is 20.4 Å². The summed E-state index contributed by atoms with van der Waals surface area (Å²) in [5.41, 5.74) is 3.04. The predicted octanol–water partition coefficient (Wildman–Crippen LogP) is 7.17. The molecule has 4 N–H and O–H groups in total. The van der Waals surface area contributed by atoms with E-state index >= 15 is 0 Å². The van der Waals surface area contributed by atoms with Crippen LogP contribution in [-0.4, -0.2) is 32.4 Å². The molecule has 200 valence electrons. The first kappa shape index (κ1) is 31.0. The quantitative estimate of drug-likeness (QED) is 0.334. The van der Waals surface area contributed by atoms with E-state index in [0.29, 0.717) is 24.7 Å². The maximum atomic E-state index is 11.2. The first-order valence-electron chi connectivity index (χ1n) is 12.4. The highest BCUT2D eigenvalue weighted by Gasteiger charge is 2.23. The van der Waals surface area contributed by atoms with Crippen molar-refractivity contribution >= 4 is 11.9 Å². The predicted molar refractivity (Wildman–Crippen MR) is 145 cm³/mol. The van der Waals surface area contributed by atoms with Crippen molar-refractivity contribution in [2.24, 2.45) is 11.8 Å². The fraction of sp³-hybridized carbons (Fsp3) is 0.533. The van der Waals surface area contributed by atoms with Crippen LogP contribution in [-0.2, 0) is 23.7 Å². The van der Waals surface area contributed by atoms with Crippen molar-refractivity contribution in [3.8, 4) is 11.5 Å². The fourth-order valence-corrected chi connectivity index (χ4v) is 3.77. The molecule has 0 aliphatic heterocycles. The van der Waals surface area contributed by atoms with Gasteiger partial charge in [-0.05, 0) is 69.9 Å². The summed E-state index contributed by atoms with van der Waals surface area (Å²) in [5, 5.41) is 38.3. The van der Waals surface area contributed by atoms with Crippen LogP contribution in [0.15, 0.2) is 24.3 Å². The van der Waals surface area contributed by atoms with Crippen LogP contribution in [0.3, 0.4) is 0 Å². The molecule has 0 aliphatic rings. The van der Waals surface area contributed by atoms with E-state index in [0.717, 1.165) is 22.3 Å². The number of rotatable bonds is 6. The minimum Gasteiger partial charge on any atom is -0.507 e. The molecular formula is C30H44O6. The third-order valence-corrected chi connectivity index (χ3v) is 5.83. The molecule has 0 radical (unpaired) electrons. The van der Waals surface area contributed by atoms with Gasteiger partial charge in [0.15, 0.2) is 0 Å². The third kappa shape index (κ3) is 8.58. The smallest absolute Gasteiger partial charge is 0.339 e. The standard InChI is InChI=1S/2C15H22O3/c2*1-9(2)6-10-7-11(15(3,4)5)8-12(13(10)16)14(17)18/h2*7-9,16H,6H2,1-5H3,(H,17,18). The lowest BCUT2D eigenvalue weighted by atomic mass is 9.83. The molecule has 0 atom stereocenters. The Morgan fingerprint density at radius 3 is 1.11 bits per heavy atom. The molecule has 0 fully saturated rings. The Morgan fingerprint density at radius 1 is 0.639 bits per heavy atom. The number of aromatic carboxylic acids is 2. The van der Waals surface area contributed by atoms with Gasteiger partial charge in [0.05, 0.1) is 0 Å². The van der Waals surface area contributed by atoms with Crippen LogP contribution in [0.25, 0.3) is 0 Å². The van der Waals surface area contributed by atoms with Crippen molar-refractivity contribution in [1.82, 2.24) is 0 Å². The summed E-state index contributed by atoms with van der Waals surface area (Å²) < 4.78 is 0. The number of hydrogen-bond donors (Lipinski definition) is 4. The number of hydrogen-bond acceptors (Lipinski definition) is 4. The summed E-state index contributed by atoms with van der Waals surface area (Å²) >= 11 is 0. The SMILES string of the molecule is CC(C)Cc1cc(C(C)(C)C)cc(C(=O)O)c1O.CC(C)Cc1cc(C(C)(C)C)cc(C(=O)O)c1O. The van der Waals surface area contributed by atoms with Gasteiger partial charge in [0, 0.05) is 0 Å². The second-order valence-corrected chi connectivity index (χ2v) is 12.4. The second-order valence-electron chi connectivity index (χ2n) is 12.4. The molecule has 0 bridgehead atoms. The Morgan fingerprint density at radius 2 is 0.917 bits per heavy atom. The molecular weight excluding hydrogens is 456 g/mol. The third-order valence-electron chi connectivity index (χ3n) is 5.83. The summed E-state index contributed by atoms with van der Waals surface area (Å²) in [6.45, 7) is 20.4. The molecule has 0 unspecified atom stereocenters. The first-order valence-corrected chi connectivity index (χ1v) is 12.4. The summed E-state index contributed by atoms with van der Waals surface area (Å²) in [5.74, 6) is -1.61. The maximum absolute atomic E-state index is 11.2. The van der Waals surface area contributed by atoms with Crippen LogP contribution in [0.4, 0.5) is 0 Å². The minimum absolute atomic E-state index is 0.00178. The Hall–Kier alpha value is -3.02. The lowest BCUT2D eigenvalue weighted by molar-refractivity contribution is 0.0682. The average molecular weight is 501 g/mol. The van der Waals surface area contributed by atoms with E-state index in [2.05, 4.69) is 0 Å². The largest absolute Gasteiger partial charge is 0.507 e. The Balaban J connectivity index is 0.000000360. The van der Waals surface area contributed by atoms with E-state index in [4.69, 9.17) is 10.2 Å². The molecule has 0 amide bonds. The zero-order valence-electron chi connectivity index (χ0n) is 23.5. The Kier molecular flexibility index (Phi) is 10.2. The van der Waals surface area contributed by atoms with E-state index in [1.165, 1.54) is 0 Å². The van der Waals surface area contributed by atoms with Crippen molar-refractivity contribution < 1.29 is 30.0 Å². The van der Waals surface area contributed by atoms with Crippen LogP contribution in [0.2, 0.25) is 0 Å². The second kappa shape index (κ2) is 11.8. The van der Waals surface area contributed by atoms with E-state index in [9.17, 15) is 19.8 Å². The summed E-state index contributed by atoms with van der Waals surface area (Å²) in [6, 6.07) is 6.98. The molecule has 6 heteroatoms. The van der Waals surface area contributed by atoms with Gasteiger partial charge in [0.25, 0.3) is 0 Å². The molecule has 0 aliphatic carbocycles. The maximum Gasteiger partial charge on any atom is 0.339 e. The van der Waals surface area contributed by atoms with Crippen molar-refractivity contribution in [2.75, 3.05) is 0 Å². The van der Waals surface area contributed by atoms with Crippen LogP contribution in [0, 0.1) is 11.8 Å². The van der Waals surface area contributed by atoms with E-state index in [-0.39, 0.29) is 33.5 Å². The molecule has 2 aromatic carbocycles. The molecule has 0 saturated heterocycles. The van der Waals surface area contributed by atoms with Gasteiger partial charge in [-0.15, -0.1) is 0 Å². The molecule has 6 nitrogen and oxygen atoms in total. The normalized spacial score (nSPS) is 11.9. The van der Waals surface area contributed by atoms with Crippen LogP contribution in [0.1, 0.15) is 112 Å². The highest BCUT2D eigenvalue weighted by molar-refractivity contribution is 5.92. The number of phenols is 2. The van der Waals surface area contributed by atoms with E-state index in [1.807, 2.05) is 81.4 Å². The fourth-order valence-electron chi connectivity index (χ4n) is 3.77. The highest BCUT2D eigenvalue weighted by atomic mass is 16.4. The molecule has 0 heterocycles. The highest BCUT2D eigenvalue weighted by Crippen LogP contribution is 2.33. The van der Waals surface area contributed by atoms with Crippen molar-refractivity contribution in [2.45, 2.75) is 92.9 Å². The van der Waals surface area contributed by atoms with Gasteiger partial charge in [-0.25, -0.2) is 9.59 Å². The van der Waals surface area contributed by atoms with Crippen LogP contribution < -0.4 is 0 Å². The van der Waals surface area contributed by atoms with Gasteiger partial charge in [-0.2, -0.15) is 0 Å². The van der Waals surface area contributed by atoms with Crippen LogP contribution >= 0.6 is 0 Å². The number of carboxylic acids is 2. The topological polar surface area (TPSA) is 115 Å². The summed E-state index contributed by atoms with van der Waals surface area (Å²) in [7, 11) is 0. The summed E-state index contributed by atoms with van der Waals surface area (Å²) in [6.07, 6.45) is 1.35. The monoisotopic (exact) mass is 500 g/mol. The molecule has 2 rings (SSSR count). The van der Waals surface area contributed by atoms with E-state index in [1.54, 1.807) is 12.1 Å². The molecule has 0 saturated carbocycles. The molecule has 0 aromatic heterocycles. The molecule has 0 spiro atoms. The summed E-state index contributed by atoms with van der Waals surface area (Å²) in [4.78, 5) is 22.4. The lowest BCUT2D eigenvalue weighted by Crippen LogP contribution is -2.14. The van der Waals surface area contributed by atoms with Gasteiger partial charge in [-0.3, -0.25) is 0 Å². The number of carbonyl (C=O) groups is 2. The van der Waals surface area contributed by atoms with Gasteiger partial charge in [0.1, 0.15) is 22.6 Å². The van der Waals surface area contributed by atoms with Crippen molar-refractivity contribution in [1.29, 1.82) is 0 Å². The number of aromatic hydroxyl groups is 2. The van der Waals surface area contributed by atoms with E-state index < -0.39 is 11.9 Å². The number of benzene rings is 2. The number of carboxylic acid groups (broad SMARTS) is 2. The van der Waals surface area contributed by atoms with Crippen molar-refractivity contribution in [3.63, 3.8) is 0 Å². The lowest BCUT2D eigenvalue weighted by Gasteiger charge is -2.22. The average Bonchev–Trinajstić information content (AvgIpc) is 2.68.